The number of amides is 2. The van der Waals surface area contributed by atoms with Gasteiger partial charge in [-0.25, -0.2) is 18.8 Å². The standard InChI is InChI=1S/C43H66FN3O12/c1-13-28-16-18-29(19-17-28)45-39(52)55-21-15-20-47-34-26(5)32(48)24(3)23-41(7,54-12)36(58-37-33(49)30(46(10)11)22-25(4)56-37)27(6)35(50)42(8,44)38(51)57-31(14-2)43(34,9)59-40(47)53/h16-19,24-27,30-31,33-34,36-37,49H,13-15,20-23H2,1-12H3,(H,45,52)/t24-,25-,26+,27+,30+,31-,33-,34-,36-,37+,41-,42+,43-/m1/s1. The van der Waals surface area contributed by atoms with Crippen LogP contribution in [0.4, 0.5) is 19.7 Å². The van der Waals surface area contributed by atoms with Crippen LogP contribution in [0.25, 0.3) is 0 Å². The number of carbonyl (C=O) groups excluding carboxylic acids is 5. The largest absolute Gasteiger partial charge is 0.455 e. The van der Waals surface area contributed by atoms with Crippen molar-refractivity contribution in [3.05, 3.63) is 29.8 Å². The fourth-order valence-electron chi connectivity index (χ4n) is 9.09. The van der Waals surface area contributed by atoms with E-state index >= 15 is 4.39 Å². The maximum atomic E-state index is 16.9. The summed E-state index contributed by atoms with van der Waals surface area (Å²) in [6, 6.07) is 5.92. The van der Waals surface area contributed by atoms with E-state index in [2.05, 4.69) is 5.32 Å². The highest BCUT2D eigenvalue weighted by molar-refractivity contribution is 6.08. The van der Waals surface area contributed by atoms with Gasteiger partial charge in [-0.05, 0) is 91.6 Å². The van der Waals surface area contributed by atoms with Gasteiger partial charge < -0.3 is 43.3 Å². The van der Waals surface area contributed by atoms with Gasteiger partial charge in [-0.3, -0.25) is 14.9 Å². The first-order valence-electron chi connectivity index (χ1n) is 20.8. The maximum Gasteiger partial charge on any atom is 0.411 e. The molecule has 3 saturated heterocycles. The molecule has 2 amide bonds. The lowest BCUT2D eigenvalue weighted by molar-refractivity contribution is -0.295. The Labute approximate surface area is 347 Å². The Kier molecular flexibility index (Phi) is 15.7. The fourth-order valence-corrected chi connectivity index (χ4v) is 9.09. The van der Waals surface area contributed by atoms with Crippen LogP contribution in [-0.2, 0) is 49.2 Å². The Morgan fingerprint density at radius 1 is 1.03 bits per heavy atom. The van der Waals surface area contributed by atoms with Gasteiger partial charge in [0.15, 0.2) is 17.7 Å². The molecular formula is C43H66FN3O12. The molecule has 0 unspecified atom stereocenters. The number of Topliss-reactive ketones (excluding diaryl/α,β-unsaturated/α-hetero) is 2. The summed E-state index contributed by atoms with van der Waals surface area (Å²) in [5, 5.41) is 14.1. The Morgan fingerprint density at radius 3 is 2.25 bits per heavy atom. The number of nitrogens with one attached hydrogen (secondary N) is 1. The molecule has 332 valence electrons. The average molecular weight is 836 g/mol. The summed E-state index contributed by atoms with van der Waals surface area (Å²) in [5.74, 6) is -6.09. The van der Waals surface area contributed by atoms with Crippen molar-refractivity contribution in [1.82, 2.24) is 9.80 Å². The van der Waals surface area contributed by atoms with Crippen molar-refractivity contribution in [3.8, 4) is 0 Å². The minimum absolute atomic E-state index is 0.00738. The molecule has 3 fully saturated rings. The zero-order valence-electron chi connectivity index (χ0n) is 36.7. The van der Waals surface area contributed by atoms with Crippen molar-refractivity contribution in [2.45, 2.75) is 154 Å². The number of hydrogen-bond donors (Lipinski definition) is 2. The minimum atomic E-state index is -3.21. The SMILES string of the molecule is CCc1ccc(NC(=O)OCCCN2C(=O)O[C@]3(C)[C@@H](CC)OC(=O)[C@@](C)(F)C(=O)[C@H](C)[C@@H](O[C@@H]4O[C@H](C)C[C@H](N(C)C)[C@H]4O)[C@](C)(OC)C[C@@H](C)C(=O)[C@H](C)[C@@H]23)cc1. The highest BCUT2D eigenvalue weighted by Crippen LogP contribution is 2.43. The van der Waals surface area contributed by atoms with Crippen LogP contribution in [0.15, 0.2) is 24.3 Å². The molecule has 0 bridgehead atoms. The zero-order valence-corrected chi connectivity index (χ0v) is 36.7. The summed E-state index contributed by atoms with van der Waals surface area (Å²) >= 11 is 0. The van der Waals surface area contributed by atoms with Crippen LogP contribution < -0.4 is 5.32 Å². The number of esters is 1. The van der Waals surface area contributed by atoms with E-state index in [0.29, 0.717) is 12.1 Å². The number of rotatable bonds is 11. The summed E-state index contributed by atoms with van der Waals surface area (Å²) in [7, 11) is 5.00. The quantitative estimate of drug-likeness (QED) is 0.124. The fraction of sp³-hybridized carbons (Fsp3) is 0.744. The average Bonchev–Trinajstić information content (AvgIpc) is 3.45. The highest BCUT2D eigenvalue weighted by Gasteiger charge is 2.61. The van der Waals surface area contributed by atoms with Crippen molar-refractivity contribution < 1.29 is 61.9 Å². The van der Waals surface area contributed by atoms with E-state index < -0.39 is 89.2 Å². The van der Waals surface area contributed by atoms with Crippen molar-refractivity contribution in [3.63, 3.8) is 0 Å². The molecule has 59 heavy (non-hydrogen) atoms. The third-order valence-electron chi connectivity index (χ3n) is 12.6. The van der Waals surface area contributed by atoms with Gasteiger partial charge in [-0.15, -0.1) is 0 Å². The lowest BCUT2D eigenvalue weighted by Crippen LogP contribution is -2.61. The van der Waals surface area contributed by atoms with Crippen molar-refractivity contribution in [2.24, 2.45) is 17.8 Å². The van der Waals surface area contributed by atoms with Gasteiger partial charge in [-0.2, -0.15) is 0 Å². The van der Waals surface area contributed by atoms with E-state index in [1.165, 1.54) is 25.9 Å². The summed E-state index contributed by atoms with van der Waals surface area (Å²) in [6.45, 7) is 14.1. The second-order valence-electron chi connectivity index (χ2n) is 17.3. The number of nitrogens with zero attached hydrogens (tertiary/aromatic N) is 2. The van der Waals surface area contributed by atoms with E-state index in [4.69, 9.17) is 28.4 Å². The first-order chi connectivity index (χ1) is 27.6. The molecule has 3 aliphatic heterocycles. The molecule has 15 nitrogen and oxygen atoms in total. The van der Waals surface area contributed by atoms with Gasteiger partial charge in [0.05, 0.1) is 30.5 Å². The van der Waals surface area contributed by atoms with Crippen LogP contribution in [0.3, 0.4) is 0 Å². The molecule has 1 aromatic carbocycles. The first-order valence-corrected chi connectivity index (χ1v) is 20.8. The summed E-state index contributed by atoms with van der Waals surface area (Å²) in [6.07, 6.45) is -5.42. The Morgan fingerprint density at radius 2 is 1.68 bits per heavy atom. The van der Waals surface area contributed by atoms with Crippen molar-refractivity contribution in [2.75, 3.05) is 39.7 Å². The molecule has 0 saturated carbocycles. The van der Waals surface area contributed by atoms with E-state index in [0.717, 1.165) is 18.9 Å². The Balaban J connectivity index is 1.67. The predicted octanol–water partition coefficient (Wildman–Crippen LogP) is 5.48. The van der Waals surface area contributed by atoms with Crippen LogP contribution in [0.2, 0.25) is 0 Å². The van der Waals surface area contributed by atoms with E-state index in [-0.39, 0.29) is 50.3 Å². The number of aliphatic hydroxyl groups excluding tert-OH is 1. The van der Waals surface area contributed by atoms with Crippen molar-refractivity contribution >= 4 is 35.4 Å². The molecule has 0 radical (unpaired) electrons. The molecule has 1 aromatic rings. The number of benzene rings is 1. The lowest BCUT2D eigenvalue weighted by atomic mass is 9.73. The number of anilines is 1. The van der Waals surface area contributed by atoms with E-state index in [1.54, 1.807) is 39.8 Å². The number of alkyl halides is 1. The Bertz CT molecular complexity index is 1660. The van der Waals surface area contributed by atoms with Crippen LogP contribution >= 0.6 is 0 Å². The zero-order chi connectivity index (χ0) is 44.2. The summed E-state index contributed by atoms with van der Waals surface area (Å²) in [5.41, 5.74) is -4.70. The molecule has 4 rings (SSSR count). The first kappa shape index (κ1) is 48.0. The molecule has 3 aliphatic rings. The molecule has 13 atom stereocenters. The third kappa shape index (κ3) is 10.3. The van der Waals surface area contributed by atoms with Gasteiger partial charge in [0, 0.05) is 43.1 Å². The second kappa shape index (κ2) is 19.3. The Hall–Kier alpha value is -3.70. The normalized spacial score (nSPS) is 37.4. The topological polar surface area (TPSA) is 179 Å². The molecule has 0 spiro atoms. The van der Waals surface area contributed by atoms with Crippen molar-refractivity contribution in [1.29, 1.82) is 0 Å². The van der Waals surface area contributed by atoms with Gasteiger partial charge in [0.25, 0.3) is 5.67 Å². The van der Waals surface area contributed by atoms with Crippen LogP contribution in [-0.4, -0.2) is 139 Å². The number of aryl methyl sites for hydroxylation is 1. The molecule has 3 heterocycles. The van der Waals surface area contributed by atoms with Crippen LogP contribution in [0.5, 0.6) is 0 Å². The van der Waals surface area contributed by atoms with E-state index in [9.17, 15) is 29.1 Å². The molecule has 2 N–H and O–H groups in total. The molecular weight excluding hydrogens is 769 g/mol. The summed E-state index contributed by atoms with van der Waals surface area (Å²) < 4.78 is 52.6. The number of methoxy groups -OCH3 is 1. The van der Waals surface area contributed by atoms with Gasteiger partial charge in [0.2, 0.25) is 0 Å². The lowest BCUT2D eigenvalue weighted by Gasteiger charge is -2.47. The number of aliphatic hydroxyl groups is 1. The number of likely N-dealkylation sites (N-methyl/N-ethyl adjacent to an activating group) is 1. The number of ether oxygens (including phenoxy) is 6. The van der Waals surface area contributed by atoms with E-state index in [1.807, 2.05) is 45.0 Å². The smallest absolute Gasteiger partial charge is 0.411 e. The number of ketones is 2. The maximum absolute atomic E-state index is 16.9. The molecule has 0 aromatic heterocycles. The molecule has 16 heteroatoms. The summed E-state index contributed by atoms with van der Waals surface area (Å²) in [4.78, 5) is 72.2. The number of fused-ring (bicyclic) bond motifs is 1. The number of cyclic esters (lactones) is 1. The molecule has 0 aliphatic carbocycles. The number of carbonyl (C=O) groups is 5. The van der Waals surface area contributed by atoms with Crippen LogP contribution in [0, 0.1) is 17.8 Å². The predicted molar refractivity (Wildman–Crippen MR) is 215 cm³/mol. The van der Waals surface area contributed by atoms with Gasteiger partial charge in [-0.1, -0.05) is 46.8 Å². The highest BCUT2D eigenvalue weighted by atomic mass is 19.1. The second-order valence-corrected chi connectivity index (χ2v) is 17.3. The van der Waals surface area contributed by atoms with Gasteiger partial charge >= 0.3 is 18.2 Å². The minimum Gasteiger partial charge on any atom is -0.455 e. The monoisotopic (exact) mass is 835 g/mol. The number of halogens is 1. The van der Waals surface area contributed by atoms with Gasteiger partial charge in [0.1, 0.15) is 18.0 Å². The van der Waals surface area contributed by atoms with Crippen LogP contribution in [0.1, 0.15) is 93.6 Å². The third-order valence-corrected chi connectivity index (χ3v) is 12.6. The number of hydrogen-bond acceptors (Lipinski definition) is 13.